The number of alkyl halides is 3. The standard InChI is InChI=1S/C10H10ClF3O/c1-5-3-8(10(12,13)14)7(6(2)15)4-9(5)11/h3-4,6,15H,1-2H3. The van der Waals surface area contributed by atoms with E-state index in [4.69, 9.17) is 11.6 Å². The van der Waals surface area contributed by atoms with Crippen molar-refractivity contribution in [3.63, 3.8) is 0 Å². The average molecular weight is 239 g/mol. The summed E-state index contributed by atoms with van der Waals surface area (Å²) in [6.07, 6.45) is -5.67. The molecule has 0 spiro atoms. The molecule has 0 aromatic heterocycles. The molecular formula is C10H10ClF3O. The third kappa shape index (κ3) is 2.63. The second-order valence-electron chi connectivity index (χ2n) is 3.36. The molecule has 1 atom stereocenters. The van der Waals surface area contributed by atoms with Crippen LogP contribution >= 0.6 is 11.6 Å². The van der Waals surface area contributed by atoms with Crippen LogP contribution in [0.25, 0.3) is 0 Å². The maximum Gasteiger partial charge on any atom is 0.416 e. The maximum atomic E-state index is 12.6. The Balaban J connectivity index is 3.42. The summed E-state index contributed by atoms with van der Waals surface area (Å²) in [5.41, 5.74) is -0.689. The van der Waals surface area contributed by atoms with Crippen molar-refractivity contribution >= 4 is 11.6 Å². The van der Waals surface area contributed by atoms with E-state index in [0.717, 1.165) is 12.1 Å². The smallest absolute Gasteiger partial charge is 0.389 e. The Morgan fingerprint density at radius 1 is 1.33 bits per heavy atom. The number of hydrogen-bond donors (Lipinski definition) is 1. The summed E-state index contributed by atoms with van der Waals surface area (Å²) >= 11 is 5.70. The van der Waals surface area contributed by atoms with E-state index in [0.29, 0.717) is 5.56 Å². The summed E-state index contributed by atoms with van der Waals surface area (Å²) in [5.74, 6) is 0. The normalized spacial score (nSPS) is 14.1. The molecule has 1 nitrogen and oxygen atoms in total. The molecule has 15 heavy (non-hydrogen) atoms. The number of aliphatic hydroxyl groups excluding tert-OH is 1. The Bertz CT molecular complexity index is 372. The van der Waals surface area contributed by atoms with E-state index in [1.54, 1.807) is 0 Å². The minimum atomic E-state index is -4.47. The number of aliphatic hydroxyl groups is 1. The lowest BCUT2D eigenvalue weighted by molar-refractivity contribution is -0.139. The molecule has 84 valence electrons. The van der Waals surface area contributed by atoms with Crippen molar-refractivity contribution in [1.82, 2.24) is 0 Å². The van der Waals surface area contributed by atoms with Gasteiger partial charge in [0.15, 0.2) is 0 Å². The van der Waals surface area contributed by atoms with Crippen LogP contribution in [0.2, 0.25) is 5.02 Å². The Kier molecular flexibility index (Phi) is 3.31. The quantitative estimate of drug-likeness (QED) is 0.791. The molecule has 0 aliphatic carbocycles. The van der Waals surface area contributed by atoms with Gasteiger partial charge < -0.3 is 5.11 Å². The first-order valence-corrected chi connectivity index (χ1v) is 4.66. The fourth-order valence-corrected chi connectivity index (χ4v) is 1.46. The molecule has 1 aromatic rings. The first-order valence-electron chi connectivity index (χ1n) is 4.28. The monoisotopic (exact) mass is 238 g/mol. The molecule has 0 aliphatic heterocycles. The summed E-state index contributed by atoms with van der Waals surface area (Å²) in [7, 11) is 0. The Morgan fingerprint density at radius 2 is 1.87 bits per heavy atom. The number of halogens is 4. The van der Waals surface area contributed by atoms with E-state index in [9.17, 15) is 18.3 Å². The molecule has 0 radical (unpaired) electrons. The SMILES string of the molecule is Cc1cc(C(F)(F)F)c(C(C)O)cc1Cl. The topological polar surface area (TPSA) is 20.2 Å². The molecule has 0 amide bonds. The number of aryl methyl sites for hydroxylation is 1. The van der Waals surface area contributed by atoms with Gasteiger partial charge in [-0.2, -0.15) is 13.2 Å². The van der Waals surface area contributed by atoms with Gasteiger partial charge >= 0.3 is 6.18 Å². The van der Waals surface area contributed by atoms with Crippen LogP contribution in [-0.4, -0.2) is 5.11 Å². The summed E-state index contributed by atoms with van der Waals surface area (Å²) in [6, 6.07) is 2.11. The molecule has 0 aliphatic rings. The van der Waals surface area contributed by atoms with E-state index in [-0.39, 0.29) is 10.6 Å². The fourth-order valence-electron chi connectivity index (χ4n) is 1.29. The molecule has 1 N–H and O–H groups in total. The van der Waals surface area contributed by atoms with Gasteiger partial charge in [-0.25, -0.2) is 0 Å². The number of hydrogen-bond acceptors (Lipinski definition) is 1. The lowest BCUT2D eigenvalue weighted by Crippen LogP contribution is -2.11. The van der Waals surface area contributed by atoms with Crippen molar-refractivity contribution in [3.05, 3.63) is 33.8 Å². The van der Waals surface area contributed by atoms with Crippen LogP contribution < -0.4 is 0 Å². The minimum Gasteiger partial charge on any atom is -0.389 e. The van der Waals surface area contributed by atoms with Crippen molar-refractivity contribution in [2.24, 2.45) is 0 Å². The predicted octanol–water partition coefficient (Wildman–Crippen LogP) is 3.72. The number of rotatable bonds is 1. The van der Waals surface area contributed by atoms with E-state index in [1.807, 2.05) is 0 Å². The van der Waals surface area contributed by atoms with Crippen molar-refractivity contribution in [2.75, 3.05) is 0 Å². The third-order valence-corrected chi connectivity index (χ3v) is 2.49. The second kappa shape index (κ2) is 4.02. The Hall–Kier alpha value is -0.740. The summed E-state index contributed by atoms with van der Waals surface area (Å²) in [4.78, 5) is 0. The lowest BCUT2D eigenvalue weighted by Gasteiger charge is -2.16. The van der Waals surface area contributed by atoms with Gasteiger partial charge in [0, 0.05) is 5.02 Å². The Labute approximate surface area is 90.5 Å². The van der Waals surface area contributed by atoms with E-state index in [2.05, 4.69) is 0 Å². The van der Waals surface area contributed by atoms with Crippen LogP contribution in [-0.2, 0) is 6.18 Å². The third-order valence-electron chi connectivity index (χ3n) is 2.09. The molecular weight excluding hydrogens is 229 g/mol. The van der Waals surface area contributed by atoms with Gasteiger partial charge in [0.2, 0.25) is 0 Å². The molecule has 0 fully saturated rings. The molecule has 0 bridgehead atoms. The first kappa shape index (κ1) is 12.3. The van der Waals surface area contributed by atoms with Crippen LogP contribution in [0.3, 0.4) is 0 Å². The predicted molar refractivity (Wildman–Crippen MR) is 51.8 cm³/mol. The van der Waals surface area contributed by atoms with Crippen molar-refractivity contribution in [1.29, 1.82) is 0 Å². The molecule has 5 heteroatoms. The Morgan fingerprint density at radius 3 is 2.27 bits per heavy atom. The highest BCUT2D eigenvalue weighted by molar-refractivity contribution is 6.31. The zero-order valence-electron chi connectivity index (χ0n) is 8.19. The molecule has 1 rings (SSSR count). The van der Waals surface area contributed by atoms with Crippen LogP contribution in [0.4, 0.5) is 13.2 Å². The molecule has 0 heterocycles. The summed E-state index contributed by atoms with van der Waals surface area (Å²) < 4.78 is 37.7. The summed E-state index contributed by atoms with van der Waals surface area (Å²) in [5, 5.41) is 9.45. The van der Waals surface area contributed by atoms with Crippen LogP contribution in [0.15, 0.2) is 12.1 Å². The van der Waals surface area contributed by atoms with Crippen molar-refractivity contribution < 1.29 is 18.3 Å². The first-order chi connectivity index (χ1) is 6.73. The average Bonchev–Trinajstić information content (AvgIpc) is 2.06. The van der Waals surface area contributed by atoms with Gasteiger partial charge in [-0.05, 0) is 37.1 Å². The summed E-state index contributed by atoms with van der Waals surface area (Å²) in [6.45, 7) is 2.76. The zero-order valence-corrected chi connectivity index (χ0v) is 8.95. The van der Waals surface area contributed by atoms with Crippen LogP contribution in [0.1, 0.15) is 29.7 Å². The van der Waals surface area contributed by atoms with E-state index in [1.165, 1.54) is 13.8 Å². The molecule has 0 saturated carbocycles. The number of benzene rings is 1. The van der Waals surface area contributed by atoms with E-state index >= 15 is 0 Å². The minimum absolute atomic E-state index is 0.196. The highest BCUT2D eigenvalue weighted by atomic mass is 35.5. The molecule has 1 aromatic carbocycles. The largest absolute Gasteiger partial charge is 0.416 e. The van der Waals surface area contributed by atoms with Crippen LogP contribution in [0, 0.1) is 6.92 Å². The van der Waals surface area contributed by atoms with Gasteiger partial charge in [-0.15, -0.1) is 0 Å². The van der Waals surface area contributed by atoms with E-state index < -0.39 is 17.8 Å². The zero-order chi connectivity index (χ0) is 11.8. The second-order valence-corrected chi connectivity index (χ2v) is 3.77. The van der Waals surface area contributed by atoms with Crippen LogP contribution in [0.5, 0.6) is 0 Å². The highest BCUT2D eigenvalue weighted by Gasteiger charge is 2.34. The highest BCUT2D eigenvalue weighted by Crippen LogP contribution is 2.37. The maximum absolute atomic E-state index is 12.6. The molecule has 0 saturated heterocycles. The molecule has 1 unspecified atom stereocenters. The van der Waals surface area contributed by atoms with Gasteiger partial charge in [0.25, 0.3) is 0 Å². The van der Waals surface area contributed by atoms with Gasteiger partial charge in [-0.3, -0.25) is 0 Å². The van der Waals surface area contributed by atoms with Crippen molar-refractivity contribution in [2.45, 2.75) is 26.1 Å². The van der Waals surface area contributed by atoms with Gasteiger partial charge in [-0.1, -0.05) is 11.6 Å². The van der Waals surface area contributed by atoms with Crippen molar-refractivity contribution in [3.8, 4) is 0 Å². The fraction of sp³-hybridized carbons (Fsp3) is 0.400. The lowest BCUT2D eigenvalue weighted by atomic mass is 10.0. The van der Waals surface area contributed by atoms with Gasteiger partial charge in [0.1, 0.15) is 0 Å². The van der Waals surface area contributed by atoms with Gasteiger partial charge in [0.05, 0.1) is 11.7 Å².